The Morgan fingerprint density at radius 3 is 2.44 bits per heavy atom. The van der Waals surface area contributed by atoms with Crippen molar-refractivity contribution < 1.29 is 8.42 Å². The number of nitrogens with zero attached hydrogens (tertiary/aromatic N) is 2. The van der Waals surface area contributed by atoms with Gasteiger partial charge in [-0.15, -0.1) is 0 Å². The summed E-state index contributed by atoms with van der Waals surface area (Å²) < 4.78 is 24.3. The normalized spacial score (nSPS) is 16.6. The topological polar surface area (TPSA) is 75.8 Å². The van der Waals surface area contributed by atoms with Gasteiger partial charge in [0.15, 0.2) is 0 Å². The maximum atomic E-state index is 11.5. The molecule has 0 rings (SSSR count). The molecule has 0 heterocycles. The average molecular weight is 247 g/mol. The van der Waals surface area contributed by atoms with Crippen molar-refractivity contribution in [3.63, 3.8) is 0 Å². The lowest BCUT2D eigenvalue weighted by Crippen LogP contribution is -2.48. The quantitative estimate of drug-likeness (QED) is 0.710. The van der Waals surface area contributed by atoms with E-state index in [1.54, 1.807) is 6.21 Å². The Labute approximate surface area is 98.1 Å². The summed E-state index contributed by atoms with van der Waals surface area (Å²) in [5, 5.41) is 0. The highest BCUT2D eigenvalue weighted by atomic mass is 32.2. The minimum Gasteiger partial charge on any atom is -0.384 e. The van der Waals surface area contributed by atoms with Crippen LogP contribution in [0.4, 0.5) is 0 Å². The first-order valence-corrected chi connectivity index (χ1v) is 6.92. The molecule has 0 amide bonds. The van der Waals surface area contributed by atoms with Crippen LogP contribution < -0.4 is 5.73 Å². The molecule has 0 aromatic carbocycles. The second kappa shape index (κ2) is 5.45. The number of hydrogen-bond acceptors (Lipinski definition) is 4. The van der Waals surface area contributed by atoms with Crippen molar-refractivity contribution in [2.24, 2.45) is 10.7 Å². The molecule has 0 aromatic heterocycles. The fourth-order valence-corrected chi connectivity index (χ4v) is 2.31. The van der Waals surface area contributed by atoms with E-state index in [4.69, 9.17) is 5.73 Å². The van der Waals surface area contributed by atoms with Crippen LogP contribution in [0.5, 0.6) is 0 Å². The van der Waals surface area contributed by atoms with Crippen LogP contribution in [-0.2, 0) is 10.0 Å². The van der Waals surface area contributed by atoms with Crippen LogP contribution in [0.25, 0.3) is 0 Å². The van der Waals surface area contributed by atoms with Crippen molar-refractivity contribution in [1.82, 2.24) is 4.31 Å². The van der Waals surface area contributed by atoms with Crippen LogP contribution in [0.15, 0.2) is 17.4 Å². The molecule has 1 unspecified atom stereocenters. The molecule has 0 fully saturated rings. The fourth-order valence-electron chi connectivity index (χ4n) is 1.41. The van der Waals surface area contributed by atoms with E-state index in [1.807, 2.05) is 13.8 Å². The first kappa shape index (κ1) is 15.1. The van der Waals surface area contributed by atoms with Crippen molar-refractivity contribution >= 4 is 16.2 Å². The lowest BCUT2D eigenvalue weighted by molar-refractivity contribution is 0.313. The Kier molecular flexibility index (Phi) is 5.15. The van der Waals surface area contributed by atoms with Gasteiger partial charge < -0.3 is 5.73 Å². The summed E-state index contributed by atoms with van der Waals surface area (Å²) in [6, 6.07) is 0. The van der Waals surface area contributed by atoms with Crippen LogP contribution in [-0.4, -0.2) is 37.8 Å². The molecule has 0 spiro atoms. The van der Waals surface area contributed by atoms with Crippen LogP contribution in [0.3, 0.4) is 0 Å². The molecular formula is C10H21N3O2S. The Hall–Kier alpha value is -0.880. The summed E-state index contributed by atoms with van der Waals surface area (Å²) in [6.45, 7) is 7.25. The largest absolute Gasteiger partial charge is 0.384 e. The number of rotatable bonds is 6. The first-order valence-electron chi connectivity index (χ1n) is 5.07. The zero-order chi connectivity index (χ0) is 13.0. The first-order chi connectivity index (χ1) is 7.13. The number of sulfonamides is 1. The average Bonchev–Trinajstić information content (AvgIpc) is 2.12. The molecule has 0 saturated heterocycles. The third kappa shape index (κ3) is 4.32. The highest BCUT2D eigenvalue weighted by Gasteiger charge is 2.32. The van der Waals surface area contributed by atoms with Crippen molar-refractivity contribution in [2.45, 2.75) is 32.2 Å². The Bertz CT molecular complexity index is 376. The van der Waals surface area contributed by atoms with Crippen LogP contribution in [0.2, 0.25) is 0 Å². The smallest absolute Gasteiger partial charge is 0.211 e. The summed E-state index contributed by atoms with van der Waals surface area (Å²) in [4.78, 5) is 3.90. The van der Waals surface area contributed by atoms with E-state index < -0.39 is 15.6 Å². The van der Waals surface area contributed by atoms with Gasteiger partial charge in [0.25, 0.3) is 0 Å². The zero-order valence-electron chi connectivity index (χ0n) is 10.4. The van der Waals surface area contributed by atoms with Gasteiger partial charge in [-0.25, -0.2) is 13.4 Å². The lowest BCUT2D eigenvalue weighted by atomic mass is 9.98. The predicted molar refractivity (Wildman–Crippen MR) is 67.7 cm³/mol. The minimum atomic E-state index is -3.26. The molecule has 0 saturated carbocycles. The van der Waals surface area contributed by atoms with E-state index in [2.05, 4.69) is 11.6 Å². The fraction of sp³-hybridized carbons (Fsp3) is 0.700. The van der Waals surface area contributed by atoms with Gasteiger partial charge in [0.2, 0.25) is 10.0 Å². The molecule has 0 aromatic rings. The molecule has 0 bridgehead atoms. The second-order valence-electron chi connectivity index (χ2n) is 4.09. The van der Waals surface area contributed by atoms with Gasteiger partial charge in [0, 0.05) is 13.3 Å². The molecule has 2 N–H and O–H groups in total. The van der Waals surface area contributed by atoms with Crippen molar-refractivity contribution in [2.75, 3.05) is 13.3 Å². The maximum absolute atomic E-state index is 11.5. The van der Waals surface area contributed by atoms with Crippen LogP contribution >= 0.6 is 0 Å². The standard InChI is InChI=1S/C10H21N3O2S/c1-6-7-10(3,8-12-9(2)11)13(4)16(5,14)15/h8H,2,6-7,11H2,1,3-5H3/b12-8-. The SMILES string of the molecule is C=C(N)/N=C\C(C)(CCC)N(C)S(C)(=O)=O. The molecule has 6 heteroatoms. The summed E-state index contributed by atoms with van der Waals surface area (Å²) >= 11 is 0. The number of hydrogen-bond donors (Lipinski definition) is 1. The third-order valence-corrected chi connectivity index (χ3v) is 3.89. The zero-order valence-corrected chi connectivity index (χ0v) is 11.2. The maximum Gasteiger partial charge on any atom is 0.211 e. The molecule has 1 atom stereocenters. The Balaban J connectivity index is 5.18. The molecule has 0 aliphatic rings. The summed E-state index contributed by atoms with van der Waals surface area (Å²) in [5.74, 6) is 0.171. The van der Waals surface area contributed by atoms with E-state index in [0.29, 0.717) is 6.42 Å². The second-order valence-corrected chi connectivity index (χ2v) is 6.10. The van der Waals surface area contributed by atoms with Crippen LogP contribution in [0, 0.1) is 0 Å². The van der Waals surface area contributed by atoms with E-state index >= 15 is 0 Å². The highest BCUT2D eigenvalue weighted by molar-refractivity contribution is 7.88. The Morgan fingerprint density at radius 1 is 1.62 bits per heavy atom. The van der Waals surface area contributed by atoms with Gasteiger partial charge >= 0.3 is 0 Å². The van der Waals surface area contributed by atoms with Crippen LogP contribution in [0.1, 0.15) is 26.7 Å². The third-order valence-electron chi connectivity index (χ3n) is 2.48. The summed E-state index contributed by atoms with van der Waals surface area (Å²) in [7, 11) is -1.72. The molecule has 0 aliphatic heterocycles. The number of aliphatic imine (C=N–C) groups is 1. The number of nitrogens with two attached hydrogens (primary N) is 1. The molecule has 0 radical (unpaired) electrons. The van der Waals surface area contributed by atoms with Crippen molar-refractivity contribution in [3.8, 4) is 0 Å². The van der Waals surface area contributed by atoms with Gasteiger partial charge in [0.1, 0.15) is 5.82 Å². The van der Waals surface area contributed by atoms with E-state index in [-0.39, 0.29) is 5.82 Å². The molecule has 0 aliphatic carbocycles. The van der Waals surface area contributed by atoms with Crippen molar-refractivity contribution in [3.05, 3.63) is 12.4 Å². The summed E-state index contributed by atoms with van der Waals surface area (Å²) in [5.41, 5.74) is 4.68. The highest BCUT2D eigenvalue weighted by Crippen LogP contribution is 2.20. The van der Waals surface area contributed by atoms with Gasteiger partial charge in [0.05, 0.1) is 11.8 Å². The van der Waals surface area contributed by atoms with Gasteiger partial charge in [-0.1, -0.05) is 19.9 Å². The Morgan fingerprint density at radius 2 is 2.12 bits per heavy atom. The van der Waals surface area contributed by atoms with E-state index in [0.717, 1.165) is 6.42 Å². The molecule has 16 heavy (non-hydrogen) atoms. The summed E-state index contributed by atoms with van der Waals surface area (Å²) in [6.07, 6.45) is 4.23. The minimum absolute atomic E-state index is 0.171. The molecule has 94 valence electrons. The predicted octanol–water partition coefficient (Wildman–Crippen LogP) is 0.937. The van der Waals surface area contributed by atoms with Crippen molar-refractivity contribution in [1.29, 1.82) is 0 Å². The van der Waals surface area contributed by atoms with E-state index in [1.165, 1.54) is 17.6 Å². The van der Waals surface area contributed by atoms with E-state index in [9.17, 15) is 8.42 Å². The lowest BCUT2D eigenvalue weighted by Gasteiger charge is -2.33. The van der Waals surface area contributed by atoms with Gasteiger partial charge in [-0.2, -0.15) is 4.31 Å². The monoisotopic (exact) mass is 247 g/mol. The van der Waals surface area contributed by atoms with Gasteiger partial charge in [-0.3, -0.25) is 0 Å². The van der Waals surface area contributed by atoms with Gasteiger partial charge in [-0.05, 0) is 13.3 Å². The molecular weight excluding hydrogens is 226 g/mol. The molecule has 5 nitrogen and oxygen atoms in total.